The first kappa shape index (κ1) is 23.0. The third kappa shape index (κ3) is 5.00. The zero-order chi connectivity index (χ0) is 22.0. The van der Waals surface area contributed by atoms with Gasteiger partial charge in [-0.2, -0.15) is 22.7 Å². The molecule has 0 saturated carbocycles. The Labute approximate surface area is 168 Å². The fourth-order valence-electron chi connectivity index (χ4n) is 3.27. The van der Waals surface area contributed by atoms with Crippen LogP contribution in [0.5, 0.6) is 0 Å². The van der Waals surface area contributed by atoms with Crippen molar-refractivity contribution in [3.8, 4) is 6.07 Å². The molecule has 11 heteroatoms. The molecule has 0 aliphatic carbocycles. The van der Waals surface area contributed by atoms with Gasteiger partial charge < -0.3 is 9.80 Å². The Hall–Kier alpha value is -2.32. The summed E-state index contributed by atoms with van der Waals surface area (Å²) in [5, 5.41) is 8.95. The lowest BCUT2D eigenvalue weighted by molar-refractivity contribution is -0.137. The summed E-state index contributed by atoms with van der Waals surface area (Å²) in [7, 11) is -0.682. The molecule has 1 aliphatic rings. The largest absolute Gasteiger partial charge is 0.417 e. The van der Waals surface area contributed by atoms with Gasteiger partial charge in [-0.05, 0) is 24.6 Å². The number of likely N-dealkylation sites (N-methyl/N-ethyl adjacent to an activating group) is 1. The van der Waals surface area contributed by atoms with Gasteiger partial charge in [-0.15, -0.1) is 0 Å². The van der Waals surface area contributed by atoms with Crippen LogP contribution in [0.1, 0.15) is 24.5 Å². The standard InChI is InChI=1S/C18H23F3N4O3S/c1-4-9-29(27,28)25-8-7-24(12-16(25)17(26)23(2)3)14-6-5-13(11-22)15(10-14)18(19,20)21/h5-6,10,16H,4,7-9,12H2,1-3H3. The molecule has 160 valence electrons. The minimum Gasteiger partial charge on any atom is -0.368 e. The van der Waals surface area contributed by atoms with Gasteiger partial charge in [-0.25, -0.2) is 8.42 Å². The van der Waals surface area contributed by atoms with Gasteiger partial charge in [-0.3, -0.25) is 4.79 Å². The Balaban J connectivity index is 2.41. The number of rotatable bonds is 5. The summed E-state index contributed by atoms with van der Waals surface area (Å²) in [4.78, 5) is 15.4. The number of hydrogen-bond acceptors (Lipinski definition) is 5. The first-order valence-corrected chi connectivity index (χ1v) is 10.6. The molecule has 1 aromatic rings. The van der Waals surface area contributed by atoms with E-state index in [0.29, 0.717) is 6.42 Å². The molecule has 0 N–H and O–H groups in total. The van der Waals surface area contributed by atoms with Crippen LogP contribution in [0.3, 0.4) is 0 Å². The van der Waals surface area contributed by atoms with Crippen molar-refractivity contribution < 1.29 is 26.4 Å². The maximum Gasteiger partial charge on any atom is 0.417 e. The predicted octanol–water partition coefficient (Wildman–Crippen LogP) is 1.90. The molecule has 7 nitrogen and oxygen atoms in total. The zero-order valence-corrected chi connectivity index (χ0v) is 17.2. The Bertz CT molecular complexity index is 910. The van der Waals surface area contributed by atoms with E-state index >= 15 is 0 Å². The topological polar surface area (TPSA) is 84.7 Å². The van der Waals surface area contributed by atoms with Crippen LogP contribution >= 0.6 is 0 Å². The van der Waals surface area contributed by atoms with Gasteiger partial charge in [0.25, 0.3) is 0 Å². The van der Waals surface area contributed by atoms with E-state index in [4.69, 9.17) is 5.26 Å². The third-order valence-corrected chi connectivity index (χ3v) is 6.75. The van der Waals surface area contributed by atoms with Crippen LogP contribution in [-0.2, 0) is 21.0 Å². The van der Waals surface area contributed by atoms with E-state index in [9.17, 15) is 26.4 Å². The minimum absolute atomic E-state index is 0.0199. The summed E-state index contributed by atoms with van der Waals surface area (Å²) in [6, 6.07) is 3.81. The maximum absolute atomic E-state index is 13.3. The fraction of sp³-hybridized carbons (Fsp3) is 0.556. The SMILES string of the molecule is CCCS(=O)(=O)N1CCN(c2ccc(C#N)c(C(F)(F)F)c2)CC1C(=O)N(C)C. The molecule has 1 aromatic carbocycles. The van der Waals surface area contributed by atoms with Gasteiger partial charge >= 0.3 is 6.18 Å². The van der Waals surface area contributed by atoms with Crippen LogP contribution in [0.4, 0.5) is 18.9 Å². The van der Waals surface area contributed by atoms with E-state index in [1.165, 1.54) is 31.1 Å². The van der Waals surface area contributed by atoms with Gasteiger partial charge in [0.15, 0.2) is 0 Å². The molecule has 1 saturated heterocycles. The maximum atomic E-state index is 13.3. The van der Waals surface area contributed by atoms with Crippen molar-refractivity contribution in [3.05, 3.63) is 29.3 Å². The molecule has 1 heterocycles. The number of anilines is 1. The van der Waals surface area contributed by atoms with Gasteiger partial charge in [0.2, 0.25) is 15.9 Å². The molecule has 1 atom stereocenters. The normalized spacial score (nSPS) is 18.4. The summed E-state index contributed by atoms with van der Waals surface area (Å²) in [6.07, 6.45) is -4.32. The van der Waals surface area contributed by atoms with E-state index in [1.54, 1.807) is 11.8 Å². The van der Waals surface area contributed by atoms with Crippen LogP contribution in [0.2, 0.25) is 0 Å². The lowest BCUT2D eigenvalue weighted by Crippen LogP contribution is -2.60. The molecule has 0 spiro atoms. The van der Waals surface area contributed by atoms with Gasteiger partial charge in [0.05, 0.1) is 22.9 Å². The van der Waals surface area contributed by atoms with Crippen molar-refractivity contribution in [2.24, 2.45) is 0 Å². The molecule has 0 radical (unpaired) electrons. The summed E-state index contributed by atoms with van der Waals surface area (Å²) in [5.74, 6) is -0.557. The second kappa shape index (κ2) is 8.59. The number of nitriles is 1. The molecule has 0 bridgehead atoms. The van der Waals surface area contributed by atoms with Crippen molar-refractivity contribution in [1.29, 1.82) is 5.26 Å². The third-order valence-electron chi connectivity index (χ3n) is 4.67. The van der Waals surface area contributed by atoms with Crippen molar-refractivity contribution in [2.45, 2.75) is 25.6 Å². The quantitative estimate of drug-likeness (QED) is 0.710. The molecule has 1 unspecified atom stereocenters. The van der Waals surface area contributed by atoms with Crippen molar-refractivity contribution in [1.82, 2.24) is 9.21 Å². The number of hydrogen-bond donors (Lipinski definition) is 0. The Morgan fingerprint density at radius 1 is 1.31 bits per heavy atom. The first-order chi connectivity index (χ1) is 13.4. The molecule has 29 heavy (non-hydrogen) atoms. The Morgan fingerprint density at radius 3 is 2.48 bits per heavy atom. The van der Waals surface area contributed by atoms with Crippen LogP contribution in [0.25, 0.3) is 0 Å². The Morgan fingerprint density at radius 2 is 1.97 bits per heavy atom. The molecule has 1 fully saturated rings. The lowest BCUT2D eigenvalue weighted by atomic mass is 10.1. The summed E-state index contributed by atoms with van der Waals surface area (Å²) < 4.78 is 66.2. The van der Waals surface area contributed by atoms with Crippen molar-refractivity contribution >= 4 is 21.6 Å². The number of carbonyl (C=O) groups excluding carboxylic acids is 1. The van der Waals surface area contributed by atoms with Crippen LogP contribution in [-0.4, -0.2) is 69.1 Å². The zero-order valence-electron chi connectivity index (χ0n) is 16.4. The highest BCUT2D eigenvalue weighted by Gasteiger charge is 2.40. The van der Waals surface area contributed by atoms with E-state index in [-0.39, 0.29) is 31.1 Å². The number of alkyl halides is 3. The van der Waals surface area contributed by atoms with Gasteiger partial charge in [0.1, 0.15) is 6.04 Å². The van der Waals surface area contributed by atoms with E-state index in [2.05, 4.69) is 0 Å². The molecule has 1 amide bonds. The average Bonchev–Trinajstić information content (AvgIpc) is 2.65. The molecular formula is C18H23F3N4O3S. The second-order valence-electron chi connectivity index (χ2n) is 6.96. The number of piperazine rings is 1. The number of carbonyl (C=O) groups is 1. The summed E-state index contributed by atoms with van der Waals surface area (Å²) in [5.41, 5.74) is -1.37. The number of nitrogens with zero attached hydrogens (tertiary/aromatic N) is 4. The van der Waals surface area contributed by atoms with Crippen LogP contribution in [0, 0.1) is 11.3 Å². The second-order valence-corrected chi connectivity index (χ2v) is 9.00. The number of sulfonamides is 1. The monoisotopic (exact) mass is 432 g/mol. The van der Waals surface area contributed by atoms with E-state index < -0.39 is 39.3 Å². The van der Waals surface area contributed by atoms with Gasteiger partial charge in [-0.1, -0.05) is 6.92 Å². The summed E-state index contributed by atoms with van der Waals surface area (Å²) in [6.45, 7) is 1.74. The molecule has 0 aromatic heterocycles. The highest BCUT2D eigenvalue weighted by atomic mass is 32.2. The van der Waals surface area contributed by atoms with Crippen LogP contribution < -0.4 is 4.90 Å². The highest BCUT2D eigenvalue weighted by molar-refractivity contribution is 7.89. The van der Waals surface area contributed by atoms with E-state index in [0.717, 1.165) is 16.4 Å². The highest BCUT2D eigenvalue weighted by Crippen LogP contribution is 2.35. The molecule has 2 rings (SSSR count). The molecular weight excluding hydrogens is 409 g/mol. The number of benzene rings is 1. The Kier molecular flexibility index (Phi) is 6.80. The first-order valence-electron chi connectivity index (χ1n) is 8.99. The average molecular weight is 432 g/mol. The van der Waals surface area contributed by atoms with Crippen LogP contribution in [0.15, 0.2) is 18.2 Å². The van der Waals surface area contributed by atoms with Crippen molar-refractivity contribution in [2.75, 3.05) is 44.4 Å². The van der Waals surface area contributed by atoms with E-state index in [1.807, 2.05) is 0 Å². The van der Waals surface area contributed by atoms with Crippen molar-refractivity contribution in [3.63, 3.8) is 0 Å². The number of halogens is 3. The summed E-state index contributed by atoms with van der Waals surface area (Å²) >= 11 is 0. The predicted molar refractivity (Wildman–Crippen MR) is 102 cm³/mol. The fourth-order valence-corrected chi connectivity index (χ4v) is 4.92. The lowest BCUT2D eigenvalue weighted by Gasteiger charge is -2.41. The number of amides is 1. The molecule has 1 aliphatic heterocycles. The smallest absolute Gasteiger partial charge is 0.368 e. The minimum atomic E-state index is -4.70. The van der Waals surface area contributed by atoms with Gasteiger partial charge in [0, 0.05) is 39.4 Å².